The fourth-order valence-electron chi connectivity index (χ4n) is 2.47. The maximum absolute atomic E-state index is 13.2. The molecule has 0 spiro atoms. The van der Waals surface area contributed by atoms with Crippen LogP contribution in [0.4, 0.5) is 10.1 Å². The van der Waals surface area contributed by atoms with Crippen molar-refractivity contribution in [2.24, 2.45) is 5.41 Å². The van der Waals surface area contributed by atoms with Crippen molar-refractivity contribution in [1.82, 2.24) is 5.32 Å². The first-order valence-corrected chi connectivity index (χ1v) is 6.92. The van der Waals surface area contributed by atoms with Gasteiger partial charge < -0.3 is 10.6 Å². The summed E-state index contributed by atoms with van der Waals surface area (Å²) in [6, 6.07) is 3.97. The Bertz CT molecular complexity index is 473. The highest BCUT2D eigenvalue weighted by molar-refractivity contribution is 6.33. The minimum absolute atomic E-state index is 0.0882. The van der Waals surface area contributed by atoms with Gasteiger partial charge in [0.1, 0.15) is 5.82 Å². The molecule has 0 saturated carbocycles. The second kappa shape index (κ2) is 5.88. The molecule has 104 valence electrons. The van der Waals surface area contributed by atoms with E-state index < -0.39 is 11.2 Å². The van der Waals surface area contributed by atoms with E-state index in [0.29, 0.717) is 17.3 Å². The molecule has 1 aliphatic heterocycles. The molecule has 1 aromatic carbocycles. The first-order valence-electron chi connectivity index (χ1n) is 6.54. The SMILES string of the molecule is CCC1(C(=O)Nc2cc(F)ccc2Cl)CCCNC1. The highest BCUT2D eigenvalue weighted by Gasteiger charge is 2.38. The third-order valence-corrected chi connectivity index (χ3v) is 4.14. The number of nitrogens with one attached hydrogen (secondary N) is 2. The second-order valence-corrected chi connectivity index (χ2v) is 5.40. The van der Waals surface area contributed by atoms with E-state index >= 15 is 0 Å². The van der Waals surface area contributed by atoms with Crippen LogP contribution in [0.1, 0.15) is 26.2 Å². The third kappa shape index (κ3) is 3.07. The zero-order chi connectivity index (χ0) is 13.9. The molecule has 1 unspecified atom stereocenters. The lowest BCUT2D eigenvalue weighted by Gasteiger charge is -2.35. The van der Waals surface area contributed by atoms with Crippen LogP contribution < -0.4 is 10.6 Å². The molecule has 2 N–H and O–H groups in total. The van der Waals surface area contributed by atoms with E-state index in [-0.39, 0.29) is 5.91 Å². The van der Waals surface area contributed by atoms with Gasteiger partial charge in [0.25, 0.3) is 0 Å². The highest BCUT2D eigenvalue weighted by Crippen LogP contribution is 2.33. The highest BCUT2D eigenvalue weighted by atomic mass is 35.5. The third-order valence-electron chi connectivity index (χ3n) is 3.81. The Balaban J connectivity index is 2.17. The summed E-state index contributed by atoms with van der Waals surface area (Å²) in [6.45, 7) is 3.60. The first-order chi connectivity index (χ1) is 9.07. The number of amides is 1. The molecule has 0 bridgehead atoms. The van der Waals surface area contributed by atoms with Gasteiger partial charge in [0.05, 0.1) is 16.1 Å². The smallest absolute Gasteiger partial charge is 0.231 e. The Kier molecular flexibility index (Phi) is 4.42. The Labute approximate surface area is 117 Å². The average Bonchev–Trinajstić information content (AvgIpc) is 2.43. The van der Waals surface area contributed by atoms with Crippen molar-refractivity contribution in [3.63, 3.8) is 0 Å². The molecule has 19 heavy (non-hydrogen) atoms. The van der Waals surface area contributed by atoms with Gasteiger partial charge in [-0.1, -0.05) is 18.5 Å². The molecule has 1 atom stereocenters. The van der Waals surface area contributed by atoms with Gasteiger partial charge in [-0.2, -0.15) is 0 Å². The van der Waals surface area contributed by atoms with Gasteiger partial charge in [0, 0.05) is 6.54 Å². The van der Waals surface area contributed by atoms with E-state index in [9.17, 15) is 9.18 Å². The summed E-state index contributed by atoms with van der Waals surface area (Å²) in [6.07, 6.45) is 2.56. The number of benzene rings is 1. The molecule has 0 radical (unpaired) electrons. The zero-order valence-corrected chi connectivity index (χ0v) is 11.7. The maximum atomic E-state index is 13.2. The summed E-state index contributed by atoms with van der Waals surface area (Å²) in [5.41, 5.74) is -0.0847. The zero-order valence-electron chi connectivity index (χ0n) is 10.9. The molecule has 2 rings (SSSR count). The molecule has 1 aromatic rings. The number of rotatable bonds is 3. The van der Waals surface area contributed by atoms with Gasteiger partial charge in [-0.05, 0) is 44.0 Å². The summed E-state index contributed by atoms with van der Waals surface area (Å²) in [7, 11) is 0. The van der Waals surface area contributed by atoms with Crippen LogP contribution >= 0.6 is 11.6 Å². The topological polar surface area (TPSA) is 41.1 Å². The average molecular weight is 285 g/mol. The van der Waals surface area contributed by atoms with Crippen molar-refractivity contribution in [2.75, 3.05) is 18.4 Å². The summed E-state index contributed by atoms with van der Waals surface area (Å²) < 4.78 is 13.2. The Morgan fingerprint density at radius 1 is 1.58 bits per heavy atom. The second-order valence-electron chi connectivity index (χ2n) is 4.99. The Hall–Kier alpha value is -1.13. The number of hydrogen-bond donors (Lipinski definition) is 2. The van der Waals surface area contributed by atoms with Gasteiger partial charge in [-0.25, -0.2) is 4.39 Å². The minimum Gasteiger partial charge on any atom is -0.324 e. The molecule has 0 aliphatic carbocycles. The summed E-state index contributed by atoms with van der Waals surface area (Å²) in [4.78, 5) is 12.5. The van der Waals surface area contributed by atoms with E-state index in [1.54, 1.807) is 0 Å². The van der Waals surface area contributed by atoms with E-state index in [0.717, 1.165) is 25.8 Å². The molecule has 1 amide bonds. The van der Waals surface area contributed by atoms with Crippen molar-refractivity contribution in [3.8, 4) is 0 Å². The molecule has 1 fully saturated rings. The van der Waals surface area contributed by atoms with Crippen LogP contribution in [-0.2, 0) is 4.79 Å². The summed E-state index contributed by atoms with van der Waals surface area (Å²) in [5, 5.41) is 6.36. The molecule has 1 saturated heterocycles. The lowest BCUT2D eigenvalue weighted by molar-refractivity contribution is -0.126. The predicted octanol–water partition coefficient (Wildman–Crippen LogP) is 3.20. The molecule has 0 aromatic heterocycles. The van der Waals surface area contributed by atoms with Crippen molar-refractivity contribution in [2.45, 2.75) is 26.2 Å². The molecule has 1 heterocycles. The normalized spacial score (nSPS) is 23.1. The van der Waals surface area contributed by atoms with Gasteiger partial charge in [-0.3, -0.25) is 4.79 Å². The van der Waals surface area contributed by atoms with Crippen LogP contribution in [-0.4, -0.2) is 19.0 Å². The van der Waals surface area contributed by atoms with E-state index in [1.165, 1.54) is 18.2 Å². The number of carbonyl (C=O) groups excluding carboxylic acids is 1. The molecule has 1 aliphatic rings. The maximum Gasteiger partial charge on any atom is 0.231 e. The van der Waals surface area contributed by atoms with Crippen molar-refractivity contribution < 1.29 is 9.18 Å². The standard InChI is InChI=1S/C14H18ClFN2O/c1-2-14(6-3-7-17-9-14)13(19)18-12-8-10(16)4-5-11(12)15/h4-5,8,17H,2-3,6-7,9H2,1H3,(H,18,19). The van der Waals surface area contributed by atoms with Crippen molar-refractivity contribution >= 4 is 23.2 Å². The van der Waals surface area contributed by atoms with Crippen LogP contribution in [0.3, 0.4) is 0 Å². The lowest BCUT2D eigenvalue weighted by atomic mass is 9.77. The number of piperidine rings is 1. The van der Waals surface area contributed by atoms with Crippen LogP contribution in [0.5, 0.6) is 0 Å². The van der Waals surface area contributed by atoms with E-state index in [2.05, 4.69) is 10.6 Å². The Morgan fingerprint density at radius 3 is 3.00 bits per heavy atom. The van der Waals surface area contributed by atoms with E-state index in [4.69, 9.17) is 11.6 Å². The number of halogens is 2. The molecule has 5 heteroatoms. The van der Waals surface area contributed by atoms with Crippen molar-refractivity contribution in [3.05, 3.63) is 29.0 Å². The van der Waals surface area contributed by atoms with Gasteiger partial charge in [0.15, 0.2) is 0 Å². The van der Waals surface area contributed by atoms with E-state index in [1.807, 2.05) is 6.92 Å². The molecule has 3 nitrogen and oxygen atoms in total. The van der Waals surface area contributed by atoms with Crippen LogP contribution in [0, 0.1) is 11.2 Å². The van der Waals surface area contributed by atoms with Gasteiger partial charge >= 0.3 is 0 Å². The van der Waals surface area contributed by atoms with Crippen LogP contribution in [0.2, 0.25) is 5.02 Å². The largest absolute Gasteiger partial charge is 0.324 e. The quantitative estimate of drug-likeness (QED) is 0.895. The van der Waals surface area contributed by atoms with Gasteiger partial charge in [-0.15, -0.1) is 0 Å². The first kappa shape index (κ1) is 14.3. The number of hydrogen-bond acceptors (Lipinski definition) is 2. The van der Waals surface area contributed by atoms with Crippen LogP contribution in [0.25, 0.3) is 0 Å². The lowest BCUT2D eigenvalue weighted by Crippen LogP contribution is -2.47. The van der Waals surface area contributed by atoms with Gasteiger partial charge in [0.2, 0.25) is 5.91 Å². The van der Waals surface area contributed by atoms with Crippen LogP contribution in [0.15, 0.2) is 18.2 Å². The fourth-order valence-corrected chi connectivity index (χ4v) is 2.64. The predicted molar refractivity (Wildman–Crippen MR) is 74.9 cm³/mol. The molecular formula is C14H18ClFN2O. The minimum atomic E-state index is -0.423. The van der Waals surface area contributed by atoms with Crippen molar-refractivity contribution in [1.29, 1.82) is 0 Å². The summed E-state index contributed by atoms with van der Waals surface area (Å²) >= 11 is 5.97. The monoisotopic (exact) mass is 284 g/mol. The Morgan fingerprint density at radius 2 is 2.37 bits per heavy atom. The number of carbonyl (C=O) groups is 1. The number of anilines is 1. The molecular weight excluding hydrogens is 267 g/mol. The fraction of sp³-hybridized carbons (Fsp3) is 0.500. The summed E-state index contributed by atoms with van der Waals surface area (Å²) in [5.74, 6) is -0.498.